The maximum atomic E-state index is 13.9. The monoisotopic (exact) mass is 661 g/mol. The van der Waals surface area contributed by atoms with E-state index in [9.17, 15) is 9.59 Å². The van der Waals surface area contributed by atoms with Crippen LogP contribution in [0.5, 0.6) is 5.19 Å². The summed E-state index contributed by atoms with van der Waals surface area (Å²) in [5, 5.41) is 5.62. The highest BCUT2D eigenvalue weighted by Crippen LogP contribution is 2.31. The van der Waals surface area contributed by atoms with Crippen LogP contribution in [0, 0.1) is 0 Å². The minimum Gasteiger partial charge on any atom is -0.470 e. The second kappa shape index (κ2) is 15.8. The molecular weight excluding hydrogens is 614 g/mol. The van der Waals surface area contributed by atoms with Gasteiger partial charge in [-0.05, 0) is 71.1 Å². The molecule has 3 heterocycles. The predicted octanol–water partition coefficient (Wildman–Crippen LogP) is 6.83. The molecule has 11 heteroatoms. The molecule has 47 heavy (non-hydrogen) atoms. The van der Waals surface area contributed by atoms with E-state index in [1.165, 1.54) is 11.3 Å². The molecule has 0 saturated carbocycles. The number of imidazole rings is 1. The number of aryl methyl sites for hydroxylation is 1. The summed E-state index contributed by atoms with van der Waals surface area (Å²) in [6.07, 6.45) is 2.87. The molecule has 0 aliphatic carbocycles. The molecule has 10 nitrogen and oxygen atoms in total. The lowest BCUT2D eigenvalue weighted by atomic mass is 9.95. The van der Waals surface area contributed by atoms with Crippen molar-refractivity contribution in [3.63, 3.8) is 0 Å². The summed E-state index contributed by atoms with van der Waals surface area (Å²) in [5.74, 6) is 1.17. The molecule has 1 fully saturated rings. The van der Waals surface area contributed by atoms with Crippen molar-refractivity contribution < 1.29 is 23.8 Å². The van der Waals surface area contributed by atoms with Crippen LogP contribution in [0.4, 0.5) is 4.79 Å². The van der Waals surface area contributed by atoms with Gasteiger partial charge in [0.25, 0.3) is 5.19 Å². The van der Waals surface area contributed by atoms with Gasteiger partial charge < -0.3 is 29.0 Å². The number of nitrogens with zero attached hydrogens (tertiary/aromatic N) is 4. The third-order valence-electron chi connectivity index (χ3n) is 8.18. The Morgan fingerprint density at radius 1 is 1.11 bits per heavy atom. The molecule has 2 amide bonds. The van der Waals surface area contributed by atoms with Crippen LogP contribution < -0.4 is 10.1 Å². The van der Waals surface area contributed by atoms with E-state index in [1.54, 1.807) is 7.11 Å². The topological polar surface area (TPSA) is 108 Å². The number of hydrogen-bond donors (Lipinski definition) is 1. The van der Waals surface area contributed by atoms with Crippen molar-refractivity contribution in [1.29, 1.82) is 0 Å². The van der Waals surface area contributed by atoms with Gasteiger partial charge in [-0.15, -0.1) is 0 Å². The van der Waals surface area contributed by atoms with Gasteiger partial charge in [-0.3, -0.25) is 4.79 Å². The first-order valence-electron chi connectivity index (χ1n) is 16.5. The first-order chi connectivity index (χ1) is 22.6. The molecule has 1 N–H and O–H groups in total. The zero-order valence-electron chi connectivity index (χ0n) is 28.2. The van der Waals surface area contributed by atoms with Crippen molar-refractivity contribution >= 4 is 34.4 Å². The van der Waals surface area contributed by atoms with Gasteiger partial charge in [0, 0.05) is 62.7 Å². The van der Waals surface area contributed by atoms with Gasteiger partial charge in [-0.25, -0.2) is 14.8 Å². The number of para-hydroxylation sites is 2. The van der Waals surface area contributed by atoms with Crippen LogP contribution in [0.3, 0.4) is 0 Å². The van der Waals surface area contributed by atoms with E-state index >= 15 is 0 Å². The molecule has 1 saturated heterocycles. The van der Waals surface area contributed by atoms with Gasteiger partial charge in [0.2, 0.25) is 5.91 Å². The molecule has 252 valence electrons. The summed E-state index contributed by atoms with van der Waals surface area (Å²) in [4.78, 5) is 38.3. The third-order valence-corrected chi connectivity index (χ3v) is 8.93. The number of nitrogens with one attached hydrogen (secondary N) is 1. The van der Waals surface area contributed by atoms with Gasteiger partial charge >= 0.3 is 6.09 Å². The Kier molecular flexibility index (Phi) is 11.5. The minimum atomic E-state index is -0.650. The fourth-order valence-corrected chi connectivity index (χ4v) is 6.82. The maximum Gasteiger partial charge on any atom is 0.407 e. The Morgan fingerprint density at radius 2 is 1.89 bits per heavy atom. The number of thiazole rings is 1. The van der Waals surface area contributed by atoms with Crippen molar-refractivity contribution in [2.24, 2.45) is 0 Å². The summed E-state index contributed by atoms with van der Waals surface area (Å²) in [5.41, 5.74) is 4.28. The molecule has 4 aromatic rings. The Hall–Kier alpha value is -3.96. The van der Waals surface area contributed by atoms with Gasteiger partial charge in [-0.2, -0.15) is 0 Å². The highest BCUT2D eigenvalue weighted by atomic mass is 32.1. The van der Waals surface area contributed by atoms with Crippen LogP contribution in [-0.2, 0) is 27.2 Å². The lowest BCUT2D eigenvalue weighted by Crippen LogP contribution is -2.46. The number of amides is 2. The van der Waals surface area contributed by atoms with E-state index in [2.05, 4.69) is 20.9 Å². The SMILES string of the molecule is CCOc1nc(-c2ccc(C[C@H](CC(=O)N3CCC[C@@H](c4nc5ccccc5n4CCCOC)C3)NC(=O)OC(C)(C)C)cc2)cs1. The van der Waals surface area contributed by atoms with Gasteiger partial charge in [0.15, 0.2) is 0 Å². The average Bonchev–Trinajstić information content (AvgIpc) is 3.66. The Labute approximate surface area is 281 Å². The number of hydrogen-bond acceptors (Lipinski definition) is 8. The number of carbonyl (C=O) groups excluding carboxylic acids is 2. The van der Waals surface area contributed by atoms with Gasteiger partial charge in [0.1, 0.15) is 11.4 Å². The molecular formula is C36H47N5O5S. The summed E-state index contributed by atoms with van der Waals surface area (Å²) < 4.78 is 18.7. The number of rotatable bonds is 13. The van der Waals surface area contributed by atoms with Gasteiger partial charge in [-0.1, -0.05) is 47.7 Å². The molecule has 0 unspecified atom stereocenters. The number of alkyl carbamates (subject to hydrolysis) is 1. The van der Waals surface area contributed by atoms with Crippen LogP contribution in [0.2, 0.25) is 0 Å². The summed E-state index contributed by atoms with van der Waals surface area (Å²) in [7, 11) is 1.72. The van der Waals surface area contributed by atoms with Crippen molar-refractivity contribution in [2.45, 2.75) is 83.9 Å². The molecule has 1 aliphatic heterocycles. The molecule has 0 spiro atoms. The standard InChI is InChI=1S/C36H47N5O5S/c1-6-45-35-39-30(24-47-35)26-16-14-25(15-17-26)21-28(37-34(43)46-36(2,3)4)22-32(42)40-18-9-11-27(23-40)33-38-29-12-7-8-13-31(29)41(33)19-10-20-44-5/h7-8,12-17,24,27-28H,6,9-11,18-23H2,1-5H3,(H,37,43)/t27-,28-/m1/s1. The van der Waals surface area contributed by atoms with Crippen molar-refractivity contribution in [3.05, 3.63) is 65.3 Å². The number of methoxy groups -OCH3 is 1. The molecule has 2 aromatic heterocycles. The highest BCUT2D eigenvalue weighted by molar-refractivity contribution is 7.11. The number of ether oxygens (including phenoxy) is 3. The lowest BCUT2D eigenvalue weighted by molar-refractivity contribution is -0.133. The van der Waals surface area contributed by atoms with Crippen molar-refractivity contribution in [3.8, 4) is 16.5 Å². The lowest BCUT2D eigenvalue weighted by Gasteiger charge is -2.34. The van der Waals surface area contributed by atoms with E-state index in [0.717, 1.165) is 59.5 Å². The normalized spacial score (nSPS) is 15.9. The zero-order chi connectivity index (χ0) is 33.4. The zero-order valence-corrected chi connectivity index (χ0v) is 29.0. The van der Waals surface area contributed by atoms with Crippen LogP contribution in [0.25, 0.3) is 22.3 Å². The number of benzene rings is 2. The van der Waals surface area contributed by atoms with Crippen molar-refractivity contribution in [2.75, 3.05) is 33.4 Å². The fraction of sp³-hybridized carbons (Fsp3) is 0.500. The Morgan fingerprint density at radius 3 is 2.64 bits per heavy atom. The summed E-state index contributed by atoms with van der Waals surface area (Å²) >= 11 is 1.47. The smallest absolute Gasteiger partial charge is 0.407 e. The third kappa shape index (κ3) is 9.32. The first kappa shape index (κ1) is 34.4. The maximum absolute atomic E-state index is 13.9. The Balaban J connectivity index is 1.29. The van der Waals surface area contributed by atoms with E-state index in [-0.39, 0.29) is 18.2 Å². The summed E-state index contributed by atoms with van der Waals surface area (Å²) in [6, 6.07) is 15.8. The second-order valence-electron chi connectivity index (χ2n) is 13.0. The largest absolute Gasteiger partial charge is 0.470 e. The van der Waals surface area contributed by atoms with E-state index < -0.39 is 17.7 Å². The number of piperidine rings is 1. The minimum absolute atomic E-state index is 0.0142. The Bertz CT molecular complexity index is 1630. The van der Waals surface area contributed by atoms with Crippen molar-refractivity contribution in [1.82, 2.24) is 24.8 Å². The summed E-state index contributed by atoms with van der Waals surface area (Å²) in [6.45, 7) is 10.8. The van der Waals surface area contributed by atoms with E-state index in [4.69, 9.17) is 19.2 Å². The fourth-order valence-electron chi connectivity index (χ4n) is 6.09. The molecule has 5 rings (SSSR count). The molecule has 2 aromatic carbocycles. The average molecular weight is 662 g/mol. The van der Waals surface area contributed by atoms with E-state index in [1.807, 2.05) is 80.4 Å². The van der Waals surface area contributed by atoms with Crippen LogP contribution in [0.1, 0.15) is 70.7 Å². The molecule has 2 atom stereocenters. The number of likely N-dealkylation sites (tertiary alicyclic amines) is 1. The number of carbonyl (C=O) groups is 2. The molecule has 1 aliphatic rings. The second-order valence-corrected chi connectivity index (χ2v) is 13.8. The predicted molar refractivity (Wildman–Crippen MR) is 185 cm³/mol. The first-order valence-corrected chi connectivity index (χ1v) is 17.4. The highest BCUT2D eigenvalue weighted by Gasteiger charge is 2.30. The molecule has 0 bridgehead atoms. The number of aromatic nitrogens is 3. The van der Waals surface area contributed by atoms with Gasteiger partial charge in [0.05, 0.1) is 23.3 Å². The van der Waals surface area contributed by atoms with Crippen LogP contribution in [-0.4, -0.2) is 76.5 Å². The van der Waals surface area contributed by atoms with E-state index in [0.29, 0.717) is 37.9 Å². The number of fused-ring (bicyclic) bond motifs is 1. The molecule has 0 radical (unpaired) electrons. The van der Waals surface area contributed by atoms with Crippen LogP contribution >= 0.6 is 11.3 Å². The quantitative estimate of drug-likeness (QED) is 0.157. The van der Waals surface area contributed by atoms with Crippen LogP contribution in [0.15, 0.2) is 53.9 Å².